The van der Waals surface area contributed by atoms with Crippen LogP contribution in [0.4, 0.5) is 5.69 Å². The van der Waals surface area contributed by atoms with Crippen molar-refractivity contribution in [3.8, 4) is 5.75 Å². The molecule has 0 spiro atoms. The van der Waals surface area contributed by atoms with Crippen LogP contribution in [0.25, 0.3) is 0 Å². The van der Waals surface area contributed by atoms with Crippen LogP contribution < -0.4 is 15.8 Å². The number of carbonyl (C=O) groups excluding carboxylic acids is 2. The smallest absolute Gasteiger partial charge is 0.224 e. The lowest BCUT2D eigenvalue weighted by Gasteiger charge is -2.31. The van der Waals surface area contributed by atoms with Crippen molar-refractivity contribution < 1.29 is 22.7 Å². The summed E-state index contributed by atoms with van der Waals surface area (Å²) in [4.78, 5) is 26.4. The van der Waals surface area contributed by atoms with E-state index in [0.29, 0.717) is 38.3 Å². The Morgan fingerprint density at radius 2 is 1.88 bits per heavy atom. The molecular weight excluding hydrogens is 442 g/mol. The van der Waals surface area contributed by atoms with Crippen LogP contribution in [0, 0.1) is 5.92 Å². The molecule has 0 aromatic heterocycles. The quantitative estimate of drug-likeness (QED) is 0.512. The van der Waals surface area contributed by atoms with Crippen LogP contribution in [-0.2, 0) is 26.0 Å². The highest BCUT2D eigenvalue weighted by Crippen LogP contribution is 2.22. The number of nitrogens with two attached hydrogens (primary N) is 1. The molecule has 9 heteroatoms. The Labute approximate surface area is 195 Å². The molecule has 1 aliphatic rings. The maximum atomic E-state index is 12.5. The van der Waals surface area contributed by atoms with E-state index >= 15 is 0 Å². The lowest BCUT2D eigenvalue weighted by molar-refractivity contribution is -0.123. The van der Waals surface area contributed by atoms with Gasteiger partial charge in [-0.05, 0) is 61.7 Å². The monoisotopic (exact) mass is 473 g/mol. The van der Waals surface area contributed by atoms with Crippen molar-refractivity contribution in [2.75, 3.05) is 31.3 Å². The summed E-state index contributed by atoms with van der Waals surface area (Å²) in [6, 6.07) is 13.9. The number of amides is 2. The summed E-state index contributed by atoms with van der Waals surface area (Å²) < 4.78 is 28.6. The number of sulfone groups is 1. The van der Waals surface area contributed by atoms with E-state index in [4.69, 9.17) is 10.5 Å². The third-order valence-corrected chi connectivity index (χ3v) is 6.79. The molecule has 3 N–H and O–H groups in total. The van der Waals surface area contributed by atoms with Gasteiger partial charge in [-0.3, -0.25) is 14.5 Å². The molecule has 1 unspecified atom stereocenters. The van der Waals surface area contributed by atoms with Crippen LogP contribution in [0.15, 0.2) is 53.4 Å². The highest BCUT2D eigenvalue weighted by atomic mass is 32.2. The number of hydrogen-bond donors (Lipinski definition) is 2. The zero-order valence-electron chi connectivity index (χ0n) is 18.8. The van der Waals surface area contributed by atoms with Crippen molar-refractivity contribution >= 4 is 27.3 Å². The van der Waals surface area contributed by atoms with Gasteiger partial charge in [0.2, 0.25) is 11.8 Å². The molecule has 8 nitrogen and oxygen atoms in total. The van der Waals surface area contributed by atoms with Gasteiger partial charge in [0, 0.05) is 31.5 Å². The fraction of sp³-hybridized carbons (Fsp3) is 0.417. The van der Waals surface area contributed by atoms with Crippen LogP contribution in [0.5, 0.6) is 5.75 Å². The minimum atomic E-state index is -3.24. The SMILES string of the molecule is CS(=O)(=O)c1ccc(OCCCC(=O)Nc2ccccc2CN2CCCC(C(N)=O)C2)cc1. The van der Waals surface area contributed by atoms with Gasteiger partial charge in [-0.15, -0.1) is 0 Å². The van der Waals surface area contributed by atoms with Crippen LogP contribution in [0.2, 0.25) is 0 Å². The average molecular weight is 474 g/mol. The number of ether oxygens (including phenoxy) is 1. The topological polar surface area (TPSA) is 119 Å². The standard InChI is InChI=1S/C24H31N3O5S/c1-33(30,31)21-12-10-20(11-13-21)32-15-5-9-23(28)26-22-8-3-2-6-18(22)16-27-14-4-7-19(17-27)24(25)29/h2-3,6,8,10-13,19H,4-5,7,9,14-17H2,1H3,(H2,25,29)(H,26,28). The normalized spacial score (nSPS) is 16.8. The van der Waals surface area contributed by atoms with Crippen LogP contribution in [0.1, 0.15) is 31.2 Å². The second-order valence-electron chi connectivity index (χ2n) is 8.38. The van der Waals surface area contributed by atoms with Crippen molar-refractivity contribution in [3.05, 3.63) is 54.1 Å². The summed E-state index contributed by atoms with van der Waals surface area (Å²) in [5.41, 5.74) is 7.24. The van der Waals surface area contributed by atoms with Gasteiger partial charge in [-0.2, -0.15) is 0 Å². The molecule has 0 bridgehead atoms. The molecule has 1 heterocycles. The van der Waals surface area contributed by atoms with Gasteiger partial charge >= 0.3 is 0 Å². The largest absolute Gasteiger partial charge is 0.494 e. The Kier molecular flexibility index (Phi) is 8.46. The first-order chi connectivity index (χ1) is 15.7. The Balaban J connectivity index is 1.46. The molecule has 1 saturated heterocycles. The van der Waals surface area contributed by atoms with Gasteiger partial charge in [-0.1, -0.05) is 18.2 Å². The number of nitrogens with one attached hydrogen (secondary N) is 1. The molecule has 0 aliphatic carbocycles. The Hall–Kier alpha value is -2.91. The molecular formula is C24H31N3O5S. The number of nitrogens with zero attached hydrogens (tertiary/aromatic N) is 1. The van der Waals surface area contributed by atoms with Crippen molar-refractivity contribution in [2.24, 2.45) is 11.7 Å². The first-order valence-corrected chi connectivity index (χ1v) is 12.9. The second kappa shape index (κ2) is 11.3. The fourth-order valence-electron chi connectivity index (χ4n) is 3.87. The van der Waals surface area contributed by atoms with E-state index in [1.165, 1.54) is 12.1 Å². The fourth-order valence-corrected chi connectivity index (χ4v) is 4.50. The molecule has 0 radical (unpaired) electrons. The summed E-state index contributed by atoms with van der Waals surface area (Å²) in [6.45, 7) is 2.52. The number of likely N-dealkylation sites (tertiary alicyclic amines) is 1. The number of anilines is 1. The van der Waals surface area contributed by atoms with E-state index in [1.807, 2.05) is 24.3 Å². The number of hydrogen-bond acceptors (Lipinski definition) is 6. The Morgan fingerprint density at radius 3 is 2.58 bits per heavy atom. The van der Waals surface area contributed by atoms with Crippen LogP contribution >= 0.6 is 0 Å². The number of primary amides is 1. The number of para-hydroxylation sites is 1. The second-order valence-corrected chi connectivity index (χ2v) is 10.4. The number of rotatable bonds is 10. The highest BCUT2D eigenvalue weighted by Gasteiger charge is 2.24. The van der Waals surface area contributed by atoms with Gasteiger partial charge in [0.15, 0.2) is 9.84 Å². The lowest BCUT2D eigenvalue weighted by Crippen LogP contribution is -2.40. The average Bonchev–Trinajstić information content (AvgIpc) is 2.78. The van der Waals surface area contributed by atoms with E-state index in [1.54, 1.807) is 12.1 Å². The van der Waals surface area contributed by atoms with Gasteiger partial charge < -0.3 is 15.8 Å². The van der Waals surface area contributed by atoms with E-state index in [0.717, 1.165) is 36.9 Å². The maximum absolute atomic E-state index is 12.5. The van der Waals surface area contributed by atoms with Crippen molar-refractivity contribution in [2.45, 2.75) is 37.1 Å². The van der Waals surface area contributed by atoms with Gasteiger partial charge in [0.1, 0.15) is 5.75 Å². The molecule has 1 fully saturated rings. The van der Waals surface area contributed by atoms with Crippen molar-refractivity contribution in [1.29, 1.82) is 0 Å². The number of carbonyl (C=O) groups is 2. The molecule has 1 aliphatic heterocycles. The molecule has 2 aromatic carbocycles. The Morgan fingerprint density at radius 1 is 1.15 bits per heavy atom. The number of piperidine rings is 1. The summed E-state index contributed by atoms with van der Waals surface area (Å²) >= 11 is 0. The third kappa shape index (κ3) is 7.57. The summed E-state index contributed by atoms with van der Waals surface area (Å²) in [5.74, 6) is 0.0778. The van der Waals surface area contributed by atoms with Gasteiger partial charge in [-0.25, -0.2) is 8.42 Å². The van der Waals surface area contributed by atoms with E-state index in [9.17, 15) is 18.0 Å². The first kappa shape index (κ1) is 24.7. The summed E-state index contributed by atoms with van der Waals surface area (Å²) in [7, 11) is -3.24. The minimum Gasteiger partial charge on any atom is -0.494 e. The van der Waals surface area contributed by atoms with E-state index < -0.39 is 9.84 Å². The van der Waals surface area contributed by atoms with Crippen molar-refractivity contribution in [3.63, 3.8) is 0 Å². The number of benzene rings is 2. The highest BCUT2D eigenvalue weighted by molar-refractivity contribution is 7.90. The lowest BCUT2D eigenvalue weighted by atomic mass is 9.97. The van der Waals surface area contributed by atoms with E-state index in [-0.39, 0.29) is 22.6 Å². The third-order valence-electron chi connectivity index (χ3n) is 5.66. The predicted octanol–water partition coefficient (Wildman–Crippen LogP) is 2.59. The predicted molar refractivity (Wildman–Crippen MR) is 127 cm³/mol. The van der Waals surface area contributed by atoms with Gasteiger partial charge in [0.05, 0.1) is 17.4 Å². The molecule has 33 heavy (non-hydrogen) atoms. The molecule has 3 rings (SSSR count). The first-order valence-electron chi connectivity index (χ1n) is 11.0. The molecule has 178 valence electrons. The van der Waals surface area contributed by atoms with E-state index in [2.05, 4.69) is 10.2 Å². The van der Waals surface area contributed by atoms with Crippen LogP contribution in [0.3, 0.4) is 0 Å². The summed E-state index contributed by atoms with van der Waals surface area (Å²) in [6.07, 6.45) is 3.73. The molecule has 2 amide bonds. The Bertz CT molecular complexity index is 1070. The van der Waals surface area contributed by atoms with Crippen LogP contribution in [-0.4, -0.2) is 51.1 Å². The molecule has 1 atom stereocenters. The van der Waals surface area contributed by atoms with Gasteiger partial charge in [0.25, 0.3) is 0 Å². The summed E-state index contributed by atoms with van der Waals surface area (Å²) in [5, 5.41) is 2.98. The zero-order chi connectivity index (χ0) is 23.8. The molecule has 0 saturated carbocycles. The molecule has 2 aromatic rings. The minimum absolute atomic E-state index is 0.105. The maximum Gasteiger partial charge on any atom is 0.224 e. The zero-order valence-corrected chi connectivity index (χ0v) is 19.6. The van der Waals surface area contributed by atoms with Crippen molar-refractivity contribution in [1.82, 2.24) is 4.90 Å².